The number of hydrogen-bond acceptors (Lipinski definition) is 3. The minimum Gasteiger partial charge on any atom is -0.388 e. The molecule has 0 aromatic carbocycles. The van der Waals surface area contributed by atoms with Gasteiger partial charge >= 0.3 is 0 Å². The lowest BCUT2D eigenvalue weighted by Gasteiger charge is -2.26. The van der Waals surface area contributed by atoms with Crippen molar-refractivity contribution in [2.24, 2.45) is 12.8 Å². The van der Waals surface area contributed by atoms with Gasteiger partial charge in [0.15, 0.2) is 0 Å². The van der Waals surface area contributed by atoms with Crippen LogP contribution in [-0.2, 0) is 19.9 Å². The van der Waals surface area contributed by atoms with Crippen LogP contribution in [0.5, 0.6) is 0 Å². The highest BCUT2D eigenvalue weighted by Crippen LogP contribution is 2.26. The van der Waals surface area contributed by atoms with Gasteiger partial charge in [0.1, 0.15) is 0 Å². The van der Waals surface area contributed by atoms with Gasteiger partial charge in [-0.3, -0.25) is 4.68 Å². The molecule has 0 fully saturated rings. The van der Waals surface area contributed by atoms with Gasteiger partial charge in [-0.1, -0.05) is 31.9 Å². The monoisotopic (exact) mass is 259 g/mol. The highest BCUT2D eigenvalue weighted by molar-refractivity contribution is 6.31. The smallest absolute Gasteiger partial charge is 0.0850 e. The Kier molecular flexibility index (Phi) is 4.98. The Morgan fingerprint density at radius 1 is 1.47 bits per heavy atom. The molecule has 1 unspecified atom stereocenters. The summed E-state index contributed by atoms with van der Waals surface area (Å²) in [6.45, 7) is 4.28. The van der Waals surface area contributed by atoms with E-state index in [0.29, 0.717) is 17.9 Å². The second-order valence-corrected chi connectivity index (χ2v) is 4.92. The number of aromatic nitrogens is 2. The third-order valence-electron chi connectivity index (χ3n) is 3.09. The third kappa shape index (κ3) is 3.21. The molecule has 4 nitrogen and oxygen atoms in total. The average molecular weight is 260 g/mol. The first-order chi connectivity index (χ1) is 7.97. The first-order valence-corrected chi connectivity index (χ1v) is 6.48. The summed E-state index contributed by atoms with van der Waals surface area (Å²) in [6.07, 6.45) is 2.82. The highest BCUT2D eigenvalue weighted by Gasteiger charge is 2.28. The van der Waals surface area contributed by atoms with E-state index in [1.54, 1.807) is 4.68 Å². The van der Waals surface area contributed by atoms with Crippen molar-refractivity contribution in [2.75, 3.05) is 6.54 Å². The summed E-state index contributed by atoms with van der Waals surface area (Å²) < 4.78 is 1.75. The Balaban J connectivity index is 2.97. The fourth-order valence-electron chi connectivity index (χ4n) is 2.05. The molecule has 0 saturated heterocycles. The number of aliphatic hydroxyl groups is 1. The lowest BCUT2D eigenvalue weighted by molar-refractivity contribution is 0.0381. The van der Waals surface area contributed by atoms with Crippen LogP contribution < -0.4 is 5.73 Å². The SMILES string of the molecule is CCCC(O)(CN)Cc1c(Cl)c(CC)nn1C. The van der Waals surface area contributed by atoms with Crippen LogP contribution in [0.3, 0.4) is 0 Å². The maximum atomic E-state index is 10.4. The zero-order valence-corrected chi connectivity index (χ0v) is 11.6. The molecule has 0 bridgehead atoms. The fourth-order valence-corrected chi connectivity index (χ4v) is 2.41. The number of rotatable bonds is 6. The molecule has 1 atom stereocenters. The van der Waals surface area contributed by atoms with E-state index >= 15 is 0 Å². The molecular formula is C12H22ClN3O. The van der Waals surface area contributed by atoms with Crippen LogP contribution >= 0.6 is 11.6 Å². The lowest BCUT2D eigenvalue weighted by atomic mass is 9.92. The zero-order valence-electron chi connectivity index (χ0n) is 10.8. The summed E-state index contributed by atoms with van der Waals surface area (Å²) in [5, 5.41) is 15.4. The van der Waals surface area contributed by atoms with Crippen LogP contribution in [0.1, 0.15) is 38.1 Å². The normalized spacial score (nSPS) is 14.9. The Bertz CT molecular complexity index is 378. The van der Waals surface area contributed by atoms with Crippen molar-refractivity contribution in [1.82, 2.24) is 9.78 Å². The molecule has 0 radical (unpaired) electrons. The Morgan fingerprint density at radius 3 is 2.53 bits per heavy atom. The predicted molar refractivity (Wildman–Crippen MR) is 70.2 cm³/mol. The molecule has 5 heteroatoms. The van der Waals surface area contributed by atoms with Gasteiger partial charge in [0.2, 0.25) is 0 Å². The molecule has 0 aliphatic heterocycles. The van der Waals surface area contributed by atoms with Crippen LogP contribution in [0.15, 0.2) is 0 Å². The summed E-state index contributed by atoms with van der Waals surface area (Å²) in [5.41, 5.74) is 6.52. The molecule has 0 aliphatic carbocycles. The largest absolute Gasteiger partial charge is 0.388 e. The molecule has 98 valence electrons. The topological polar surface area (TPSA) is 64.1 Å². The number of hydrogen-bond donors (Lipinski definition) is 2. The number of nitrogens with two attached hydrogens (primary N) is 1. The minimum atomic E-state index is -0.878. The van der Waals surface area contributed by atoms with Gasteiger partial charge in [-0.25, -0.2) is 0 Å². The summed E-state index contributed by atoms with van der Waals surface area (Å²) in [4.78, 5) is 0. The van der Waals surface area contributed by atoms with E-state index in [9.17, 15) is 5.11 Å². The first kappa shape index (κ1) is 14.5. The first-order valence-electron chi connectivity index (χ1n) is 6.10. The van der Waals surface area contributed by atoms with E-state index in [4.69, 9.17) is 17.3 Å². The third-order valence-corrected chi connectivity index (χ3v) is 3.53. The maximum Gasteiger partial charge on any atom is 0.0850 e. The van der Waals surface area contributed by atoms with Crippen LogP contribution in [0.25, 0.3) is 0 Å². The van der Waals surface area contributed by atoms with Crippen LogP contribution in [-0.4, -0.2) is 27.0 Å². The maximum absolute atomic E-state index is 10.4. The predicted octanol–water partition coefficient (Wildman–Crippen LogP) is 1.67. The molecule has 17 heavy (non-hydrogen) atoms. The van der Waals surface area contributed by atoms with Crippen molar-refractivity contribution in [3.05, 3.63) is 16.4 Å². The molecule has 0 saturated carbocycles. The number of nitrogens with zero attached hydrogens (tertiary/aromatic N) is 2. The standard InChI is InChI=1S/C12H22ClN3O/c1-4-6-12(17,8-14)7-10-11(13)9(5-2)15-16(10)3/h17H,4-8,14H2,1-3H3. The van der Waals surface area contributed by atoms with Crippen molar-refractivity contribution >= 4 is 11.6 Å². The van der Waals surface area contributed by atoms with Crippen LogP contribution in [0.4, 0.5) is 0 Å². The van der Waals surface area contributed by atoms with Crippen LogP contribution in [0.2, 0.25) is 5.02 Å². The van der Waals surface area contributed by atoms with Crippen molar-refractivity contribution in [3.63, 3.8) is 0 Å². The zero-order chi connectivity index (χ0) is 13.1. The van der Waals surface area contributed by atoms with E-state index in [0.717, 1.165) is 24.2 Å². The van der Waals surface area contributed by atoms with E-state index in [1.165, 1.54) is 0 Å². The second-order valence-electron chi connectivity index (χ2n) is 4.54. The molecular weight excluding hydrogens is 238 g/mol. The number of aryl methyl sites for hydroxylation is 2. The Morgan fingerprint density at radius 2 is 2.12 bits per heavy atom. The van der Waals surface area contributed by atoms with Crippen molar-refractivity contribution in [1.29, 1.82) is 0 Å². The van der Waals surface area contributed by atoms with Gasteiger partial charge in [-0.05, 0) is 12.8 Å². The van der Waals surface area contributed by atoms with Gasteiger partial charge in [-0.15, -0.1) is 0 Å². The van der Waals surface area contributed by atoms with Crippen molar-refractivity contribution < 1.29 is 5.11 Å². The number of halogens is 1. The van der Waals surface area contributed by atoms with Gasteiger partial charge in [-0.2, -0.15) is 5.10 Å². The molecule has 1 aromatic rings. The fraction of sp³-hybridized carbons (Fsp3) is 0.750. The summed E-state index contributed by atoms with van der Waals surface area (Å²) in [7, 11) is 1.85. The molecule has 0 amide bonds. The quantitative estimate of drug-likeness (QED) is 0.817. The Labute approximate surface area is 108 Å². The van der Waals surface area contributed by atoms with E-state index in [1.807, 2.05) is 20.9 Å². The van der Waals surface area contributed by atoms with Gasteiger partial charge in [0, 0.05) is 20.0 Å². The second kappa shape index (κ2) is 5.85. The molecule has 0 spiro atoms. The van der Waals surface area contributed by atoms with Gasteiger partial charge in [0.25, 0.3) is 0 Å². The molecule has 1 heterocycles. The summed E-state index contributed by atoms with van der Waals surface area (Å²) in [6, 6.07) is 0. The van der Waals surface area contributed by atoms with E-state index in [2.05, 4.69) is 5.10 Å². The minimum absolute atomic E-state index is 0.240. The molecule has 1 rings (SSSR count). The molecule has 3 N–H and O–H groups in total. The van der Waals surface area contributed by atoms with Crippen molar-refractivity contribution in [2.45, 2.75) is 45.1 Å². The van der Waals surface area contributed by atoms with E-state index in [-0.39, 0.29) is 6.54 Å². The Hall–Kier alpha value is -0.580. The van der Waals surface area contributed by atoms with Gasteiger partial charge in [0.05, 0.1) is 22.0 Å². The van der Waals surface area contributed by atoms with E-state index < -0.39 is 5.60 Å². The van der Waals surface area contributed by atoms with Crippen LogP contribution in [0, 0.1) is 0 Å². The molecule has 1 aromatic heterocycles. The molecule has 0 aliphatic rings. The average Bonchev–Trinajstić information content (AvgIpc) is 2.57. The summed E-state index contributed by atoms with van der Waals surface area (Å²) in [5.74, 6) is 0. The van der Waals surface area contributed by atoms with Gasteiger partial charge < -0.3 is 10.8 Å². The van der Waals surface area contributed by atoms with Crippen molar-refractivity contribution in [3.8, 4) is 0 Å². The lowest BCUT2D eigenvalue weighted by Crippen LogP contribution is -2.40. The highest BCUT2D eigenvalue weighted by atomic mass is 35.5. The summed E-state index contributed by atoms with van der Waals surface area (Å²) >= 11 is 6.26.